The Morgan fingerprint density at radius 2 is 1.93 bits per heavy atom. The van der Waals surface area contributed by atoms with Crippen molar-refractivity contribution in [2.24, 2.45) is 0 Å². The number of carbonyl (C=O) groups is 1. The molecule has 0 saturated carbocycles. The van der Waals surface area contributed by atoms with Crippen molar-refractivity contribution in [3.63, 3.8) is 0 Å². The van der Waals surface area contributed by atoms with E-state index in [2.05, 4.69) is 74.8 Å². The number of fused-ring (bicyclic) bond motifs is 3. The van der Waals surface area contributed by atoms with Crippen LogP contribution in [0.3, 0.4) is 0 Å². The summed E-state index contributed by atoms with van der Waals surface area (Å²) in [5, 5.41) is 2.52. The lowest BCUT2D eigenvalue weighted by molar-refractivity contribution is -0.121. The molecule has 142 valence electrons. The second kappa shape index (κ2) is 6.90. The van der Waals surface area contributed by atoms with Crippen LogP contribution in [0.4, 0.5) is 5.69 Å². The number of carbonyl (C=O) groups excluding carboxylic acids is 1. The van der Waals surface area contributed by atoms with Gasteiger partial charge in [-0.15, -0.1) is 6.58 Å². The Labute approximate surface area is 175 Å². The molecule has 2 aliphatic heterocycles. The summed E-state index contributed by atoms with van der Waals surface area (Å²) in [7, 11) is 2.09. The van der Waals surface area contributed by atoms with Gasteiger partial charge in [0, 0.05) is 30.4 Å². The first-order valence-corrected chi connectivity index (χ1v) is 10.4. The first-order chi connectivity index (χ1) is 13.4. The van der Waals surface area contributed by atoms with Gasteiger partial charge in [0.15, 0.2) is 0 Å². The molecule has 3 nitrogen and oxygen atoms in total. The van der Waals surface area contributed by atoms with Gasteiger partial charge in [0.2, 0.25) is 0 Å². The van der Waals surface area contributed by atoms with Crippen LogP contribution in [0.25, 0.3) is 10.8 Å². The Hall–Kier alpha value is -2.37. The molecular formula is C23H22N2OS2. The van der Waals surface area contributed by atoms with Gasteiger partial charge >= 0.3 is 0 Å². The molecule has 2 aromatic rings. The van der Waals surface area contributed by atoms with E-state index in [-0.39, 0.29) is 11.3 Å². The molecule has 2 aliphatic rings. The largest absolute Gasteiger partial charge is 0.347 e. The lowest BCUT2D eigenvalue weighted by Crippen LogP contribution is -2.27. The monoisotopic (exact) mass is 406 g/mol. The van der Waals surface area contributed by atoms with Crippen LogP contribution in [-0.2, 0) is 10.2 Å². The zero-order chi connectivity index (χ0) is 20.1. The highest BCUT2D eigenvalue weighted by Crippen LogP contribution is 2.50. The number of thiocarbonyl (C=S) groups is 1. The molecule has 4 rings (SSSR count). The van der Waals surface area contributed by atoms with Gasteiger partial charge in [0.1, 0.15) is 4.32 Å². The number of nitrogens with zero attached hydrogens (tertiary/aromatic N) is 2. The third kappa shape index (κ3) is 2.81. The van der Waals surface area contributed by atoms with E-state index in [0.29, 0.717) is 15.8 Å². The first kappa shape index (κ1) is 19.0. The summed E-state index contributed by atoms with van der Waals surface area (Å²) >= 11 is 6.69. The average molecular weight is 407 g/mol. The summed E-state index contributed by atoms with van der Waals surface area (Å²) < 4.78 is 0.586. The normalized spacial score (nSPS) is 21.2. The van der Waals surface area contributed by atoms with Crippen LogP contribution in [-0.4, -0.2) is 28.7 Å². The van der Waals surface area contributed by atoms with Gasteiger partial charge in [0.25, 0.3) is 5.91 Å². The smallest absolute Gasteiger partial charge is 0.266 e. The van der Waals surface area contributed by atoms with E-state index >= 15 is 0 Å². The second-order valence-electron chi connectivity index (χ2n) is 7.52. The number of hydrogen-bond donors (Lipinski definition) is 0. The third-order valence-electron chi connectivity index (χ3n) is 5.47. The molecule has 0 radical (unpaired) electrons. The van der Waals surface area contributed by atoms with Crippen molar-refractivity contribution >= 4 is 50.7 Å². The molecule has 2 heterocycles. The van der Waals surface area contributed by atoms with Gasteiger partial charge in [-0.2, -0.15) is 0 Å². The predicted molar refractivity (Wildman–Crippen MR) is 124 cm³/mol. The number of anilines is 1. The van der Waals surface area contributed by atoms with E-state index < -0.39 is 0 Å². The average Bonchev–Trinajstić information content (AvgIpc) is 3.05. The highest BCUT2D eigenvalue weighted by atomic mass is 32.2. The minimum atomic E-state index is -0.171. The molecule has 2 aromatic carbocycles. The number of allylic oxidation sites excluding steroid dienone is 3. The van der Waals surface area contributed by atoms with E-state index in [4.69, 9.17) is 12.2 Å². The minimum Gasteiger partial charge on any atom is -0.347 e. The SMILES string of the molecule is C=CCN1C(=O)/C(=C/C=C2\N(C)c3ccc4ccccc4c3C2(C)C)SC1=S. The molecule has 28 heavy (non-hydrogen) atoms. The van der Waals surface area contributed by atoms with Crippen LogP contribution in [0, 0.1) is 0 Å². The number of benzene rings is 2. The van der Waals surface area contributed by atoms with Gasteiger partial charge < -0.3 is 4.90 Å². The van der Waals surface area contributed by atoms with Gasteiger partial charge in [-0.05, 0) is 34.6 Å². The zero-order valence-electron chi connectivity index (χ0n) is 16.2. The second-order valence-corrected chi connectivity index (χ2v) is 9.20. The number of thioether (sulfide) groups is 1. The molecule has 0 N–H and O–H groups in total. The lowest BCUT2D eigenvalue weighted by atomic mass is 9.81. The van der Waals surface area contributed by atoms with Crippen LogP contribution in [0.15, 0.2) is 71.8 Å². The van der Waals surface area contributed by atoms with Crippen LogP contribution in [0.2, 0.25) is 0 Å². The van der Waals surface area contributed by atoms with E-state index in [1.165, 1.54) is 33.8 Å². The summed E-state index contributed by atoms with van der Waals surface area (Å²) in [4.78, 5) is 17.1. The van der Waals surface area contributed by atoms with Gasteiger partial charge in [-0.25, -0.2) is 0 Å². The molecule has 0 bridgehead atoms. The van der Waals surface area contributed by atoms with E-state index in [0.717, 1.165) is 5.70 Å². The highest BCUT2D eigenvalue weighted by Gasteiger charge is 2.39. The fourth-order valence-electron chi connectivity index (χ4n) is 4.15. The van der Waals surface area contributed by atoms with Crippen molar-refractivity contribution in [2.45, 2.75) is 19.3 Å². The summed E-state index contributed by atoms with van der Waals surface area (Å²) in [6.45, 7) is 8.63. The maximum absolute atomic E-state index is 12.6. The number of likely N-dealkylation sites (N-methyl/N-ethyl adjacent to an activating group) is 1. The van der Waals surface area contributed by atoms with Crippen molar-refractivity contribution in [3.05, 3.63) is 77.4 Å². The van der Waals surface area contributed by atoms with Gasteiger partial charge in [-0.1, -0.05) is 74.2 Å². The molecule has 1 fully saturated rings. The quantitative estimate of drug-likeness (QED) is 0.388. The van der Waals surface area contributed by atoms with Crippen LogP contribution >= 0.6 is 24.0 Å². The summed E-state index contributed by atoms with van der Waals surface area (Å²) in [5.74, 6) is -0.0480. The fourth-order valence-corrected chi connectivity index (χ4v) is 5.36. The number of rotatable bonds is 3. The van der Waals surface area contributed by atoms with E-state index in [1.54, 1.807) is 11.0 Å². The van der Waals surface area contributed by atoms with Crippen molar-refractivity contribution in [3.8, 4) is 0 Å². The van der Waals surface area contributed by atoms with Gasteiger partial charge in [-0.3, -0.25) is 9.69 Å². The zero-order valence-corrected chi connectivity index (χ0v) is 17.9. The highest BCUT2D eigenvalue weighted by molar-refractivity contribution is 8.26. The molecule has 1 saturated heterocycles. The Morgan fingerprint density at radius 1 is 1.18 bits per heavy atom. The molecule has 0 aliphatic carbocycles. The Balaban J connectivity index is 1.77. The molecule has 0 spiro atoms. The Morgan fingerprint density at radius 3 is 2.68 bits per heavy atom. The summed E-state index contributed by atoms with van der Waals surface area (Å²) in [6.07, 6.45) is 5.67. The standard InChI is InChI=1S/C23H22N2OS2/c1-5-14-25-21(26)18(28-22(25)27)12-13-19-23(2,3)20-16-9-7-6-8-15(16)10-11-17(20)24(19)4/h5-13H,1,14H2,2-4H3/b18-12-,19-13-. The fraction of sp³-hybridized carbons (Fsp3) is 0.217. The maximum atomic E-state index is 12.6. The van der Waals surface area contributed by atoms with Crippen LogP contribution in [0.5, 0.6) is 0 Å². The predicted octanol–water partition coefficient (Wildman–Crippen LogP) is 5.38. The topological polar surface area (TPSA) is 23.6 Å². The van der Waals surface area contributed by atoms with E-state index in [1.807, 2.05) is 6.08 Å². The minimum absolute atomic E-state index is 0.0480. The van der Waals surface area contributed by atoms with Crippen LogP contribution < -0.4 is 4.90 Å². The lowest BCUT2D eigenvalue weighted by Gasteiger charge is -2.24. The summed E-state index contributed by atoms with van der Waals surface area (Å²) in [5.41, 5.74) is 3.53. The van der Waals surface area contributed by atoms with E-state index in [9.17, 15) is 4.79 Å². The molecule has 0 atom stereocenters. The van der Waals surface area contributed by atoms with Crippen LogP contribution in [0.1, 0.15) is 19.4 Å². The third-order valence-corrected chi connectivity index (χ3v) is 6.87. The maximum Gasteiger partial charge on any atom is 0.266 e. The van der Waals surface area contributed by atoms with Gasteiger partial charge in [0.05, 0.1) is 4.91 Å². The first-order valence-electron chi connectivity index (χ1n) is 9.19. The van der Waals surface area contributed by atoms with Crippen molar-refractivity contribution in [1.29, 1.82) is 0 Å². The molecule has 1 amide bonds. The molecule has 0 unspecified atom stereocenters. The Kier molecular flexibility index (Phi) is 4.68. The molecular weight excluding hydrogens is 384 g/mol. The Bertz CT molecular complexity index is 1080. The summed E-state index contributed by atoms with van der Waals surface area (Å²) in [6, 6.07) is 12.9. The van der Waals surface area contributed by atoms with Crippen molar-refractivity contribution < 1.29 is 4.79 Å². The van der Waals surface area contributed by atoms with Crippen molar-refractivity contribution in [2.75, 3.05) is 18.5 Å². The molecule has 5 heteroatoms. The number of amides is 1. The van der Waals surface area contributed by atoms with Crippen molar-refractivity contribution in [1.82, 2.24) is 4.90 Å². The number of hydrogen-bond acceptors (Lipinski definition) is 4. The molecule has 0 aromatic heterocycles.